The van der Waals surface area contributed by atoms with E-state index < -0.39 is 0 Å². The molecule has 1 aliphatic rings. The van der Waals surface area contributed by atoms with E-state index in [1.165, 1.54) is 68.0 Å². The normalized spacial score (nSPS) is 24.8. The molecule has 1 heteroatoms. The van der Waals surface area contributed by atoms with E-state index in [2.05, 4.69) is 0 Å². The van der Waals surface area contributed by atoms with Gasteiger partial charge < -0.3 is 0 Å². The zero-order valence-corrected chi connectivity index (χ0v) is 10.8. The molecule has 0 atom stereocenters. The molecule has 1 aliphatic carbocycles. The van der Waals surface area contributed by atoms with Gasteiger partial charge in [0.15, 0.2) is 0 Å². The molecule has 0 N–H and O–H groups in total. The summed E-state index contributed by atoms with van der Waals surface area (Å²) in [6, 6.07) is 0. The van der Waals surface area contributed by atoms with E-state index in [9.17, 15) is 0 Å². The molecule has 0 radical (unpaired) electrons. The summed E-state index contributed by atoms with van der Waals surface area (Å²) < 4.78 is 1.14. The van der Waals surface area contributed by atoms with Gasteiger partial charge in [0.1, 0.15) is 0 Å². The Labute approximate surface area is 84.6 Å². The molecule has 66 valence electrons. The second-order valence-electron chi connectivity index (χ2n) is 3.81. The fourth-order valence-corrected chi connectivity index (χ4v) is 3.19. The summed E-state index contributed by atoms with van der Waals surface area (Å²) in [4.78, 5) is 0. The molecule has 0 aromatic heterocycles. The zero-order chi connectivity index (χ0) is 7.94. The van der Waals surface area contributed by atoms with Gasteiger partial charge in [-0.05, 0) is 0 Å². The van der Waals surface area contributed by atoms with E-state index in [4.69, 9.17) is 0 Å². The van der Waals surface area contributed by atoms with Crippen LogP contribution in [0, 0.1) is 0 Å². The van der Waals surface area contributed by atoms with Gasteiger partial charge in [-0.1, -0.05) is 0 Å². The van der Waals surface area contributed by atoms with E-state index in [0.29, 0.717) is 0 Å². The molecule has 1 rings (SSSR count). The first-order valence-corrected chi connectivity index (χ1v) is 7.05. The molecule has 0 saturated heterocycles. The van der Waals surface area contributed by atoms with Gasteiger partial charge in [0.2, 0.25) is 0 Å². The van der Waals surface area contributed by atoms with Crippen LogP contribution in [0.3, 0.4) is 0 Å². The van der Waals surface area contributed by atoms with E-state index >= 15 is 0 Å². The van der Waals surface area contributed by atoms with Gasteiger partial charge in [-0.2, -0.15) is 0 Å². The van der Waals surface area contributed by atoms with Crippen molar-refractivity contribution in [3.63, 3.8) is 0 Å². The molecule has 0 aromatic carbocycles. The molecule has 1 saturated carbocycles. The van der Waals surface area contributed by atoms with Crippen molar-refractivity contribution in [1.29, 1.82) is 0 Å². The van der Waals surface area contributed by atoms with Gasteiger partial charge in [0.25, 0.3) is 0 Å². The zero-order valence-electron chi connectivity index (χ0n) is 7.52. The quantitative estimate of drug-likeness (QED) is 0.589. The van der Waals surface area contributed by atoms with Gasteiger partial charge in [-0.15, -0.1) is 0 Å². The molecule has 0 spiro atoms. The van der Waals surface area contributed by atoms with E-state index in [0.717, 1.165) is 3.86 Å². The minimum atomic E-state index is 1.14. The van der Waals surface area contributed by atoms with Gasteiger partial charge in [0, 0.05) is 0 Å². The average molecular weight is 263 g/mol. The first-order valence-electron chi connectivity index (χ1n) is 5.15. The van der Waals surface area contributed by atoms with E-state index in [1.807, 2.05) is 0 Å². The topological polar surface area (TPSA) is 0 Å². The standard InChI is InChI=1S/C10H19.Sb.2H/c1-2-4-6-8-10-9-7-5-3-1;;;/h1H,2-10H2;;;. The van der Waals surface area contributed by atoms with Crippen molar-refractivity contribution in [3.8, 4) is 0 Å². The Morgan fingerprint density at radius 1 is 0.636 bits per heavy atom. The number of rotatable bonds is 0. The number of hydrogen-bond acceptors (Lipinski definition) is 0. The fourth-order valence-electron chi connectivity index (χ4n) is 1.84. The molecular formula is C10H21Sb. The van der Waals surface area contributed by atoms with Crippen LogP contribution >= 0.6 is 0 Å². The molecule has 0 unspecified atom stereocenters. The molecule has 0 aliphatic heterocycles. The molecular weight excluding hydrogens is 242 g/mol. The Hall–Kier alpha value is 0.818. The van der Waals surface area contributed by atoms with Gasteiger partial charge in [-0.25, -0.2) is 0 Å². The van der Waals surface area contributed by atoms with E-state index in [1.54, 1.807) is 12.8 Å². The van der Waals surface area contributed by atoms with Crippen molar-refractivity contribution in [2.45, 2.75) is 61.7 Å². The summed E-state index contributed by atoms with van der Waals surface area (Å²) in [5.74, 6) is 0. The summed E-state index contributed by atoms with van der Waals surface area (Å²) in [6.07, 6.45) is 13.7. The van der Waals surface area contributed by atoms with Crippen molar-refractivity contribution < 1.29 is 0 Å². The van der Waals surface area contributed by atoms with Crippen LogP contribution < -0.4 is 0 Å². The Morgan fingerprint density at radius 3 is 1.45 bits per heavy atom. The summed E-state index contributed by atoms with van der Waals surface area (Å²) in [7, 11) is 0. The predicted octanol–water partition coefficient (Wildman–Crippen LogP) is 2.93. The first kappa shape index (κ1) is 9.90. The maximum absolute atomic E-state index is 1.54. The van der Waals surface area contributed by atoms with Crippen molar-refractivity contribution in [2.75, 3.05) is 0 Å². The van der Waals surface area contributed by atoms with Crippen LogP contribution in [0.25, 0.3) is 0 Å². The summed E-state index contributed by atoms with van der Waals surface area (Å²) in [5.41, 5.74) is 0. The van der Waals surface area contributed by atoms with Crippen molar-refractivity contribution in [2.24, 2.45) is 0 Å². The van der Waals surface area contributed by atoms with Crippen LogP contribution in [0.2, 0.25) is 3.86 Å². The molecule has 0 amide bonds. The first-order chi connectivity index (χ1) is 5.39. The molecule has 0 heterocycles. The van der Waals surface area contributed by atoms with Gasteiger partial charge in [0.05, 0.1) is 0 Å². The Balaban J connectivity index is 2.12. The van der Waals surface area contributed by atoms with Gasteiger partial charge >= 0.3 is 84.7 Å². The molecule has 0 bridgehead atoms. The van der Waals surface area contributed by atoms with Crippen LogP contribution in [-0.2, 0) is 0 Å². The van der Waals surface area contributed by atoms with Crippen LogP contribution in [0.1, 0.15) is 57.8 Å². The summed E-state index contributed by atoms with van der Waals surface area (Å²) in [6.45, 7) is 0. The van der Waals surface area contributed by atoms with Crippen LogP contribution in [0.15, 0.2) is 0 Å². The summed E-state index contributed by atoms with van der Waals surface area (Å²) >= 11 is 1.51. The van der Waals surface area contributed by atoms with Crippen molar-refractivity contribution in [1.82, 2.24) is 0 Å². The molecule has 0 aromatic rings. The second kappa shape index (κ2) is 6.35. The van der Waals surface area contributed by atoms with Crippen molar-refractivity contribution >= 4 is 23.0 Å². The van der Waals surface area contributed by atoms with Crippen molar-refractivity contribution in [3.05, 3.63) is 0 Å². The third-order valence-electron chi connectivity index (χ3n) is 2.65. The van der Waals surface area contributed by atoms with Crippen LogP contribution in [0.4, 0.5) is 0 Å². The monoisotopic (exact) mass is 262 g/mol. The second-order valence-corrected chi connectivity index (χ2v) is 6.50. The third kappa shape index (κ3) is 5.12. The Morgan fingerprint density at radius 2 is 1.00 bits per heavy atom. The Bertz CT molecular complexity index is 80.9. The summed E-state index contributed by atoms with van der Waals surface area (Å²) in [5, 5.41) is 0. The average Bonchev–Trinajstić information content (AvgIpc) is 2.03. The Kier molecular flexibility index (Phi) is 5.71. The van der Waals surface area contributed by atoms with Crippen LogP contribution in [0.5, 0.6) is 0 Å². The van der Waals surface area contributed by atoms with Gasteiger partial charge in [-0.3, -0.25) is 0 Å². The number of hydrogen-bond donors (Lipinski definition) is 0. The molecule has 1 fully saturated rings. The van der Waals surface area contributed by atoms with Crippen LogP contribution in [-0.4, -0.2) is 23.0 Å². The SMILES string of the molecule is [SbH2][CH]1CCCCCCCCC1. The maximum atomic E-state index is 1.54. The fraction of sp³-hybridized carbons (Fsp3) is 1.00. The predicted molar refractivity (Wildman–Crippen MR) is 53.8 cm³/mol. The minimum absolute atomic E-state index is 1.14. The third-order valence-corrected chi connectivity index (χ3v) is 4.55. The molecule has 0 nitrogen and oxygen atoms in total. The van der Waals surface area contributed by atoms with E-state index in [-0.39, 0.29) is 0 Å². The molecule has 11 heavy (non-hydrogen) atoms.